The van der Waals surface area contributed by atoms with Crippen molar-refractivity contribution in [1.82, 2.24) is 14.5 Å². The third kappa shape index (κ3) is 4.09. The summed E-state index contributed by atoms with van der Waals surface area (Å²) >= 11 is 0. The lowest BCUT2D eigenvalue weighted by Gasteiger charge is -2.32. The molecular formula is C21H30N4O. The summed E-state index contributed by atoms with van der Waals surface area (Å²) in [5.41, 5.74) is 1.90. The van der Waals surface area contributed by atoms with Crippen molar-refractivity contribution in [3.05, 3.63) is 48.0 Å². The van der Waals surface area contributed by atoms with Crippen LogP contribution >= 0.6 is 0 Å². The van der Waals surface area contributed by atoms with Crippen LogP contribution in [0.15, 0.2) is 36.7 Å². The molecule has 1 aromatic heterocycles. The van der Waals surface area contributed by atoms with Crippen LogP contribution in [0.2, 0.25) is 0 Å². The minimum atomic E-state index is 0.152. The molecule has 0 atom stereocenters. The largest absolute Gasteiger partial charge is 0.378 e. The SMILES string of the molecule is CC(C)c1nccn1CC1CCN(C(=O)c2ccc(N(C)C)cc2)CC1. The van der Waals surface area contributed by atoms with E-state index in [1.54, 1.807) is 0 Å². The molecule has 2 heterocycles. The van der Waals surface area contributed by atoms with Gasteiger partial charge in [-0.2, -0.15) is 0 Å². The van der Waals surface area contributed by atoms with E-state index >= 15 is 0 Å². The molecule has 0 saturated carbocycles. The molecule has 0 spiro atoms. The summed E-state index contributed by atoms with van der Waals surface area (Å²) in [5.74, 6) is 2.36. The molecule has 0 unspecified atom stereocenters. The fourth-order valence-corrected chi connectivity index (χ4v) is 3.66. The van der Waals surface area contributed by atoms with E-state index in [9.17, 15) is 4.79 Å². The van der Waals surface area contributed by atoms with E-state index in [0.29, 0.717) is 11.8 Å². The Bertz CT molecular complexity index is 725. The number of rotatable bonds is 5. The average Bonchev–Trinajstić information content (AvgIpc) is 3.10. The van der Waals surface area contributed by atoms with Gasteiger partial charge in [0.2, 0.25) is 0 Å². The second-order valence-corrected chi connectivity index (χ2v) is 7.77. The van der Waals surface area contributed by atoms with Crippen molar-refractivity contribution in [3.8, 4) is 0 Å². The summed E-state index contributed by atoms with van der Waals surface area (Å²) in [6.45, 7) is 7.05. The van der Waals surface area contributed by atoms with Crippen molar-refractivity contribution in [1.29, 1.82) is 0 Å². The number of nitrogens with zero attached hydrogens (tertiary/aromatic N) is 4. The maximum absolute atomic E-state index is 12.7. The summed E-state index contributed by atoms with van der Waals surface area (Å²) in [7, 11) is 4.01. The van der Waals surface area contributed by atoms with Crippen LogP contribution in [0, 0.1) is 5.92 Å². The van der Waals surface area contributed by atoms with Crippen molar-refractivity contribution in [2.24, 2.45) is 5.92 Å². The smallest absolute Gasteiger partial charge is 0.253 e. The summed E-state index contributed by atoms with van der Waals surface area (Å²) in [5, 5.41) is 0. The highest BCUT2D eigenvalue weighted by Crippen LogP contribution is 2.23. The van der Waals surface area contributed by atoms with Gasteiger partial charge < -0.3 is 14.4 Å². The van der Waals surface area contributed by atoms with Gasteiger partial charge >= 0.3 is 0 Å². The number of anilines is 1. The fourth-order valence-electron chi connectivity index (χ4n) is 3.66. The normalized spacial score (nSPS) is 15.5. The monoisotopic (exact) mass is 354 g/mol. The third-order valence-corrected chi connectivity index (χ3v) is 5.25. The Morgan fingerprint density at radius 3 is 2.42 bits per heavy atom. The van der Waals surface area contributed by atoms with Crippen LogP contribution in [0.25, 0.3) is 0 Å². The van der Waals surface area contributed by atoms with Crippen molar-refractivity contribution in [2.75, 3.05) is 32.1 Å². The van der Waals surface area contributed by atoms with Crippen molar-refractivity contribution >= 4 is 11.6 Å². The Hall–Kier alpha value is -2.30. The zero-order valence-corrected chi connectivity index (χ0v) is 16.4. The van der Waals surface area contributed by atoms with E-state index in [-0.39, 0.29) is 5.91 Å². The molecule has 0 bridgehead atoms. The molecule has 1 aliphatic heterocycles. The molecule has 2 aromatic rings. The first kappa shape index (κ1) is 18.5. The quantitative estimate of drug-likeness (QED) is 0.823. The van der Waals surface area contributed by atoms with Gasteiger partial charge in [-0.15, -0.1) is 0 Å². The molecule has 5 nitrogen and oxygen atoms in total. The first-order chi connectivity index (χ1) is 12.5. The van der Waals surface area contributed by atoms with Crippen molar-refractivity contribution < 1.29 is 4.79 Å². The highest BCUT2D eigenvalue weighted by atomic mass is 16.2. The Balaban J connectivity index is 1.56. The van der Waals surface area contributed by atoms with Gasteiger partial charge in [0, 0.05) is 63.3 Å². The fraction of sp³-hybridized carbons (Fsp3) is 0.524. The van der Waals surface area contributed by atoms with Gasteiger partial charge in [0.15, 0.2) is 0 Å². The minimum absolute atomic E-state index is 0.152. The molecule has 1 aliphatic rings. The molecule has 26 heavy (non-hydrogen) atoms. The molecule has 0 N–H and O–H groups in total. The van der Waals surface area contributed by atoms with Crippen LogP contribution in [0.3, 0.4) is 0 Å². The lowest BCUT2D eigenvalue weighted by atomic mass is 9.96. The molecule has 5 heteroatoms. The Morgan fingerprint density at radius 2 is 1.85 bits per heavy atom. The van der Waals surface area contributed by atoms with Crippen LogP contribution in [-0.4, -0.2) is 47.5 Å². The second-order valence-electron chi connectivity index (χ2n) is 7.77. The first-order valence-electron chi connectivity index (χ1n) is 9.53. The van der Waals surface area contributed by atoms with E-state index in [1.807, 2.05) is 54.4 Å². The van der Waals surface area contributed by atoms with Gasteiger partial charge in [0.05, 0.1) is 0 Å². The number of carbonyl (C=O) groups is 1. The average molecular weight is 354 g/mol. The maximum atomic E-state index is 12.7. The van der Waals surface area contributed by atoms with Crippen molar-refractivity contribution in [2.45, 2.75) is 39.2 Å². The molecule has 1 amide bonds. The highest BCUT2D eigenvalue weighted by Gasteiger charge is 2.24. The van der Waals surface area contributed by atoms with Crippen LogP contribution < -0.4 is 4.90 Å². The zero-order valence-electron chi connectivity index (χ0n) is 16.4. The van der Waals surface area contributed by atoms with E-state index in [1.165, 1.54) is 0 Å². The predicted octanol–water partition coefficient (Wildman–Crippen LogP) is 3.62. The number of hydrogen-bond donors (Lipinski definition) is 0. The second kappa shape index (κ2) is 7.94. The van der Waals surface area contributed by atoms with Gasteiger partial charge in [-0.05, 0) is 43.0 Å². The molecule has 0 radical (unpaired) electrons. The number of likely N-dealkylation sites (tertiary alicyclic amines) is 1. The van der Waals surface area contributed by atoms with E-state index in [4.69, 9.17) is 0 Å². The molecule has 1 fully saturated rings. The molecule has 140 valence electrons. The lowest BCUT2D eigenvalue weighted by molar-refractivity contribution is 0.0682. The number of imidazole rings is 1. The number of carbonyl (C=O) groups excluding carboxylic acids is 1. The highest BCUT2D eigenvalue weighted by molar-refractivity contribution is 5.94. The molecule has 1 aromatic carbocycles. The number of benzene rings is 1. The Morgan fingerprint density at radius 1 is 1.19 bits per heavy atom. The maximum Gasteiger partial charge on any atom is 0.253 e. The van der Waals surface area contributed by atoms with E-state index in [2.05, 4.69) is 29.6 Å². The molecule has 1 saturated heterocycles. The zero-order chi connectivity index (χ0) is 18.7. The predicted molar refractivity (Wildman–Crippen MR) is 106 cm³/mol. The standard InChI is InChI=1S/C21H30N4O/c1-16(2)20-22-11-14-25(20)15-17-9-12-24(13-10-17)21(26)18-5-7-19(8-6-18)23(3)4/h5-8,11,14,16-17H,9-10,12-13,15H2,1-4H3. The topological polar surface area (TPSA) is 41.4 Å². The van der Waals surface area contributed by atoms with Gasteiger partial charge in [-0.25, -0.2) is 4.98 Å². The van der Waals surface area contributed by atoms with Crippen LogP contribution in [-0.2, 0) is 6.54 Å². The van der Waals surface area contributed by atoms with Gasteiger partial charge in [0.1, 0.15) is 5.82 Å². The van der Waals surface area contributed by atoms with Crippen LogP contribution in [0.4, 0.5) is 5.69 Å². The first-order valence-corrected chi connectivity index (χ1v) is 9.53. The minimum Gasteiger partial charge on any atom is -0.378 e. The molecule has 3 rings (SSSR count). The molecule has 0 aliphatic carbocycles. The van der Waals surface area contributed by atoms with E-state index in [0.717, 1.165) is 49.6 Å². The molecular weight excluding hydrogens is 324 g/mol. The number of hydrogen-bond acceptors (Lipinski definition) is 3. The summed E-state index contributed by atoms with van der Waals surface area (Å²) in [6.07, 6.45) is 6.08. The van der Waals surface area contributed by atoms with Crippen molar-refractivity contribution in [3.63, 3.8) is 0 Å². The van der Waals surface area contributed by atoms with Gasteiger partial charge in [-0.3, -0.25) is 4.79 Å². The van der Waals surface area contributed by atoms with Crippen LogP contribution in [0.5, 0.6) is 0 Å². The van der Waals surface area contributed by atoms with Gasteiger partial charge in [0.25, 0.3) is 5.91 Å². The third-order valence-electron chi connectivity index (χ3n) is 5.25. The number of amides is 1. The number of piperidine rings is 1. The summed E-state index contributed by atoms with van der Waals surface area (Å²) in [6, 6.07) is 7.88. The summed E-state index contributed by atoms with van der Waals surface area (Å²) in [4.78, 5) is 21.3. The lowest BCUT2D eigenvalue weighted by Crippen LogP contribution is -2.39. The number of aromatic nitrogens is 2. The Labute approximate surface area is 156 Å². The summed E-state index contributed by atoms with van der Waals surface area (Å²) < 4.78 is 2.28. The van der Waals surface area contributed by atoms with E-state index < -0.39 is 0 Å². The van der Waals surface area contributed by atoms with Crippen LogP contribution in [0.1, 0.15) is 48.8 Å². The Kier molecular flexibility index (Phi) is 5.64. The van der Waals surface area contributed by atoms with Gasteiger partial charge in [-0.1, -0.05) is 13.8 Å².